The SMILES string of the molecule is CCCCn1c(-c2ccc(Cl)cc2Cl)nc2oc3ccc(Cl)cc3c(=O)c2c1=O. The van der Waals surface area contributed by atoms with Crippen LogP contribution >= 0.6 is 34.8 Å². The predicted molar refractivity (Wildman–Crippen MR) is 117 cm³/mol. The Morgan fingerprint density at radius 1 is 1.03 bits per heavy atom. The van der Waals surface area contributed by atoms with Crippen molar-refractivity contribution in [1.29, 1.82) is 0 Å². The highest BCUT2D eigenvalue weighted by atomic mass is 35.5. The van der Waals surface area contributed by atoms with E-state index in [1.54, 1.807) is 30.3 Å². The van der Waals surface area contributed by atoms with Crippen molar-refractivity contribution in [2.45, 2.75) is 26.3 Å². The fraction of sp³-hybridized carbons (Fsp3) is 0.190. The molecule has 0 bridgehead atoms. The summed E-state index contributed by atoms with van der Waals surface area (Å²) < 4.78 is 7.26. The summed E-state index contributed by atoms with van der Waals surface area (Å²) in [5.74, 6) is 0.328. The zero-order chi connectivity index (χ0) is 20.7. The number of halogens is 3. The topological polar surface area (TPSA) is 65.1 Å². The van der Waals surface area contributed by atoms with Gasteiger partial charge in [-0.1, -0.05) is 48.1 Å². The van der Waals surface area contributed by atoms with E-state index in [0.717, 1.165) is 12.8 Å². The Kier molecular flexibility index (Phi) is 5.38. The number of fused-ring (bicyclic) bond motifs is 2. The van der Waals surface area contributed by atoms with Gasteiger partial charge < -0.3 is 4.42 Å². The molecule has 2 aromatic carbocycles. The molecule has 4 rings (SSSR count). The Balaban J connectivity index is 2.12. The summed E-state index contributed by atoms with van der Waals surface area (Å²) >= 11 is 18.4. The lowest BCUT2D eigenvalue weighted by Crippen LogP contribution is -2.27. The Hall–Kier alpha value is -2.34. The van der Waals surface area contributed by atoms with Gasteiger partial charge in [0.1, 0.15) is 11.4 Å². The van der Waals surface area contributed by atoms with Gasteiger partial charge in [0.2, 0.25) is 11.1 Å². The van der Waals surface area contributed by atoms with Gasteiger partial charge in [-0.15, -0.1) is 0 Å². The van der Waals surface area contributed by atoms with E-state index >= 15 is 0 Å². The third-order valence-electron chi connectivity index (χ3n) is 4.66. The molecule has 0 spiro atoms. The maximum Gasteiger partial charge on any atom is 0.269 e. The zero-order valence-corrected chi connectivity index (χ0v) is 17.6. The smallest absolute Gasteiger partial charge is 0.269 e. The van der Waals surface area contributed by atoms with Crippen LogP contribution in [0.1, 0.15) is 19.8 Å². The lowest BCUT2D eigenvalue weighted by molar-refractivity contribution is 0.599. The molecule has 5 nitrogen and oxygen atoms in total. The van der Waals surface area contributed by atoms with Gasteiger partial charge in [0.05, 0.1) is 10.4 Å². The largest absolute Gasteiger partial charge is 0.437 e. The first-order valence-electron chi connectivity index (χ1n) is 9.03. The molecule has 0 saturated carbocycles. The van der Waals surface area contributed by atoms with Crippen molar-refractivity contribution in [2.24, 2.45) is 0 Å². The van der Waals surface area contributed by atoms with Crippen molar-refractivity contribution < 1.29 is 4.42 Å². The molecule has 148 valence electrons. The Morgan fingerprint density at radius 3 is 2.48 bits per heavy atom. The summed E-state index contributed by atoms with van der Waals surface area (Å²) in [5, 5.41) is 1.33. The molecule has 2 aromatic heterocycles. The van der Waals surface area contributed by atoms with Crippen molar-refractivity contribution >= 4 is 56.9 Å². The number of aromatic nitrogens is 2. The highest BCUT2D eigenvalue weighted by Crippen LogP contribution is 2.30. The molecule has 0 N–H and O–H groups in total. The number of nitrogens with zero attached hydrogens (tertiary/aromatic N) is 2. The van der Waals surface area contributed by atoms with Crippen LogP contribution in [0.4, 0.5) is 0 Å². The predicted octanol–water partition coefficient (Wildman–Crippen LogP) is 5.93. The first-order valence-corrected chi connectivity index (χ1v) is 10.2. The molecular weight excluding hydrogens is 435 g/mol. The van der Waals surface area contributed by atoms with E-state index < -0.39 is 11.0 Å². The minimum Gasteiger partial charge on any atom is -0.437 e. The Labute approximate surface area is 180 Å². The number of hydrogen-bond donors (Lipinski definition) is 0. The van der Waals surface area contributed by atoms with E-state index in [0.29, 0.717) is 38.6 Å². The maximum atomic E-state index is 13.3. The molecule has 29 heavy (non-hydrogen) atoms. The second kappa shape index (κ2) is 7.82. The fourth-order valence-corrected chi connectivity index (χ4v) is 3.88. The Morgan fingerprint density at radius 2 is 1.76 bits per heavy atom. The van der Waals surface area contributed by atoms with Crippen molar-refractivity contribution in [3.05, 3.63) is 72.0 Å². The quantitative estimate of drug-likeness (QED) is 0.362. The van der Waals surface area contributed by atoms with E-state index in [9.17, 15) is 9.59 Å². The summed E-state index contributed by atoms with van der Waals surface area (Å²) in [6.45, 7) is 2.40. The van der Waals surface area contributed by atoms with Crippen LogP contribution in [0, 0.1) is 0 Å². The summed E-state index contributed by atoms with van der Waals surface area (Å²) in [6, 6.07) is 9.62. The van der Waals surface area contributed by atoms with Crippen molar-refractivity contribution in [3.63, 3.8) is 0 Å². The summed E-state index contributed by atoms with van der Waals surface area (Å²) in [5.41, 5.74) is -0.132. The van der Waals surface area contributed by atoms with Crippen LogP contribution in [-0.4, -0.2) is 9.55 Å². The summed E-state index contributed by atoms with van der Waals surface area (Å²) in [7, 11) is 0. The second-order valence-corrected chi connectivity index (χ2v) is 7.90. The summed E-state index contributed by atoms with van der Waals surface area (Å²) in [6.07, 6.45) is 1.59. The van der Waals surface area contributed by atoms with Gasteiger partial charge in [-0.05, 0) is 42.8 Å². The van der Waals surface area contributed by atoms with Gasteiger partial charge in [-0.2, -0.15) is 4.98 Å². The highest BCUT2D eigenvalue weighted by molar-refractivity contribution is 6.36. The van der Waals surface area contributed by atoms with Crippen LogP contribution in [0.2, 0.25) is 15.1 Å². The number of unbranched alkanes of at least 4 members (excludes halogenated alkanes) is 1. The molecular formula is C21H15Cl3N2O3. The van der Waals surface area contributed by atoms with Crippen LogP contribution in [0.15, 0.2) is 50.4 Å². The van der Waals surface area contributed by atoms with Crippen molar-refractivity contribution in [1.82, 2.24) is 9.55 Å². The van der Waals surface area contributed by atoms with E-state index in [2.05, 4.69) is 4.98 Å². The molecule has 0 radical (unpaired) electrons. The molecule has 0 amide bonds. The molecule has 8 heteroatoms. The molecule has 0 fully saturated rings. The van der Waals surface area contributed by atoms with Gasteiger partial charge in [0, 0.05) is 22.2 Å². The first kappa shape index (κ1) is 20.0. The van der Waals surface area contributed by atoms with Crippen molar-refractivity contribution in [2.75, 3.05) is 0 Å². The van der Waals surface area contributed by atoms with Crippen LogP contribution in [0.25, 0.3) is 33.5 Å². The third-order valence-corrected chi connectivity index (χ3v) is 5.45. The minimum atomic E-state index is -0.472. The lowest BCUT2D eigenvalue weighted by Gasteiger charge is -2.14. The highest BCUT2D eigenvalue weighted by Gasteiger charge is 2.20. The molecule has 4 aromatic rings. The van der Waals surface area contributed by atoms with Gasteiger partial charge in [0.15, 0.2) is 5.39 Å². The standard InChI is InChI=1S/C21H15Cl3N2O3/c1-2-3-8-26-19(13-6-4-12(23)10-15(13)24)25-20-17(21(26)28)18(27)14-9-11(22)5-7-16(14)29-20/h4-7,9-10H,2-3,8H2,1H3. The number of rotatable bonds is 4. The molecule has 0 atom stereocenters. The second-order valence-electron chi connectivity index (χ2n) is 6.62. The van der Waals surface area contributed by atoms with Gasteiger partial charge >= 0.3 is 0 Å². The van der Waals surface area contributed by atoms with E-state index in [-0.39, 0.29) is 16.5 Å². The molecule has 0 unspecified atom stereocenters. The molecule has 0 aliphatic carbocycles. The normalized spacial score (nSPS) is 11.4. The average molecular weight is 450 g/mol. The summed E-state index contributed by atoms with van der Waals surface area (Å²) in [4.78, 5) is 30.9. The van der Waals surface area contributed by atoms with Gasteiger partial charge in [0.25, 0.3) is 5.56 Å². The molecule has 2 heterocycles. The molecule has 0 aliphatic rings. The number of benzene rings is 2. The third kappa shape index (κ3) is 3.54. The molecule has 0 saturated heterocycles. The zero-order valence-electron chi connectivity index (χ0n) is 15.3. The van der Waals surface area contributed by atoms with E-state index in [4.69, 9.17) is 39.2 Å². The van der Waals surface area contributed by atoms with Crippen LogP contribution in [0.3, 0.4) is 0 Å². The van der Waals surface area contributed by atoms with Crippen LogP contribution in [-0.2, 0) is 6.54 Å². The lowest BCUT2D eigenvalue weighted by atomic mass is 10.1. The van der Waals surface area contributed by atoms with E-state index in [1.807, 2.05) is 6.92 Å². The van der Waals surface area contributed by atoms with Crippen molar-refractivity contribution in [3.8, 4) is 11.4 Å². The fourth-order valence-electron chi connectivity index (χ4n) is 3.21. The maximum absolute atomic E-state index is 13.3. The van der Waals surface area contributed by atoms with Gasteiger partial charge in [-0.25, -0.2) is 0 Å². The first-order chi connectivity index (χ1) is 13.9. The monoisotopic (exact) mass is 448 g/mol. The minimum absolute atomic E-state index is 0.0383. The Bertz CT molecular complexity index is 1380. The average Bonchev–Trinajstić information content (AvgIpc) is 2.68. The van der Waals surface area contributed by atoms with E-state index in [1.165, 1.54) is 10.6 Å². The number of hydrogen-bond acceptors (Lipinski definition) is 4. The van der Waals surface area contributed by atoms with Crippen LogP contribution in [0.5, 0.6) is 0 Å². The van der Waals surface area contributed by atoms with Gasteiger partial charge in [-0.3, -0.25) is 14.2 Å². The molecule has 0 aliphatic heterocycles. The van der Waals surface area contributed by atoms with Crippen LogP contribution < -0.4 is 11.0 Å².